The molecule has 176 valence electrons. The Balaban J connectivity index is 1.86. The predicted molar refractivity (Wildman–Crippen MR) is 133 cm³/mol. The summed E-state index contributed by atoms with van der Waals surface area (Å²) in [7, 11) is -3.32. The van der Waals surface area contributed by atoms with E-state index in [9.17, 15) is 13.5 Å². The van der Waals surface area contributed by atoms with Crippen molar-refractivity contribution in [3.05, 3.63) is 64.1 Å². The maximum absolute atomic E-state index is 11.3. The van der Waals surface area contributed by atoms with Crippen LogP contribution in [0.25, 0.3) is 6.08 Å². The first-order valence-corrected chi connectivity index (χ1v) is 13.0. The number of aliphatic hydroxyl groups is 1. The number of unbranched alkanes of at least 4 members (excludes halogenated alkanes) is 1. The molecule has 2 aromatic carbocycles. The molecule has 0 radical (unpaired) electrons. The fourth-order valence-corrected chi connectivity index (χ4v) is 3.84. The highest BCUT2D eigenvalue weighted by atomic mass is 35.5. The molecule has 2 N–H and O–H groups in total. The van der Waals surface area contributed by atoms with E-state index < -0.39 is 16.1 Å². The number of nitrogens with zero attached hydrogens (tertiary/aromatic N) is 1. The standard InChI is InChI=1S/C23H30Cl2N2O4S/c1-3-4-13-27(14-5-6-18-7-12-22(24)23(25)15-18)16-20(28)17-31-21-10-8-19(9-11-21)26-32(2,29)30/h5-12,15,20,26,28H,3-4,13-14,16-17H2,1-2H3/t20-/m1/s1. The van der Waals surface area contributed by atoms with Crippen molar-refractivity contribution in [1.82, 2.24) is 4.90 Å². The minimum atomic E-state index is -3.32. The summed E-state index contributed by atoms with van der Waals surface area (Å²) in [5.41, 5.74) is 1.42. The van der Waals surface area contributed by atoms with Crippen molar-refractivity contribution in [3.8, 4) is 5.75 Å². The lowest BCUT2D eigenvalue weighted by Gasteiger charge is -2.24. The minimum absolute atomic E-state index is 0.137. The Kier molecular flexibility index (Phi) is 10.8. The van der Waals surface area contributed by atoms with Gasteiger partial charge in [0.2, 0.25) is 10.0 Å². The molecule has 9 heteroatoms. The summed E-state index contributed by atoms with van der Waals surface area (Å²) in [6, 6.07) is 12.0. The van der Waals surface area contributed by atoms with Crippen molar-refractivity contribution >= 4 is 45.0 Å². The highest BCUT2D eigenvalue weighted by Gasteiger charge is 2.12. The molecular weight excluding hydrogens is 471 g/mol. The molecule has 0 spiro atoms. The van der Waals surface area contributed by atoms with Gasteiger partial charge in [-0.2, -0.15) is 0 Å². The molecule has 1 atom stereocenters. The van der Waals surface area contributed by atoms with E-state index in [4.69, 9.17) is 27.9 Å². The van der Waals surface area contributed by atoms with E-state index in [1.807, 2.05) is 24.3 Å². The molecule has 0 aromatic heterocycles. The number of rotatable bonds is 13. The fraction of sp³-hybridized carbons (Fsp3) is 0.391. The van der Waals surface area contributed by atoms with E-state index in [0.717, 1.165) is 31.2 Å². The molecule has 0 aliphatic heterocycles. The molecule has 0 saturated heterocycles. The number of ether oxygens (including phenoxy) is 1. The van der Waals surface area contributed by atoms with Crippen molar-refractivity contribution < 1.29 is 18.3 Å². The van der Waals surface area contributed by atoms with Gasteiger partial charge in [0, 0.05) is 18.8 Å². The molecule has 0 bridgehead atoms. The van der Waals surface area contributed by atoms with Gasteiger partial charge in [0.15, 0.2) is 0 Å². The van der Waals surface area contributed by atoms with Crippen molar-refractivity contribution in [2.45, 2.75) is 25.9 Å². The zero-order chi connectivity index (χ0) is 23.6. The number of halogens is 2. The van der Waals surface area contributed by atoms with Crippen molar-refractivity contribution in [3.63, 3.8) is 0 Å². The molecule has 0 amide bonds. The van der Waals surface area contributed by atoms with Crippen LogP contribution in [0.1, 0.15) is 25.3 Å². The normalized spacial score (nSPS) is 12.9. The Labute approximate surface area is 200 Å². The summed E-state index contributed by atoms with van der Waals surface area (Å²) in [6.45, 7) is 4.29. The van der Waals surface area contributed by atoms with Gasteiger partial charge < -0.3 is 9.84 Å². The third-order valence-electron chi connectivity index (χ3n) is 4.51. The SMILES string of the molecule is CCCCN(CC=Cc1ccc(Cl)c(Cl)c1)C[C@@H](O)COc1ccc(NS(C)(=O)=O)cc1. The summed E-state index contributed by atoms with van der Waals surface area (Å²) < 4.78 is 30.6. The molecule has 0 unspecified atom stereocenters. The van der Waals surface area contributed by atoms with E-state index in [2.05, 4.69) is 16.5 Å². The second-order valence-electron chi connectivity index (χ2n) is 7.55. The van der Waals surface area contributed by atoms with Crippen LogP contribution in [0.5, 0.6) is 5.75 Å². The van der Waals surface area contributed by atoms with Gasteiger partial charge in [-0.05, 0) is 54.9 Å². The number of anilines is 1. The van der Waals surface area contributed by atoms with E-state index in [0.29, 0.717) is 34.6 Å². The van der Waals surface area contributed by atoms with E-state index in [-0.39, 0.29) is 6.61 Å². The van der Waals surface area contributed by atoms with Gasteiger partial charge in [-0.3, -0.25) is 9.62 Å². The van der Waals surface area contributed by atoms with Crippen LogP contribution in [0.2, 0.25) is 10.0 Å². The smallest absolute Gasteiger partial charge is 0.229 e. The van der Waals surface area contributed by atoms with Crippen LogP contribution in [0.15, 0.2) is 48.5 Å². The number of benzene rings is 2. The largest absolute Gasteiger partial charge is 0.491 e. The number of aliphatic hydroxyl groups excluding tert-OH is 1. The van der Waals surface area contributed by atoms with Gasteiger partial charge in [-0.1, -0.05) is 54.8 Å². The highest BCUT2D eigenvalue weighted by molar-refractivity contribution is 7.92. The molecule has 0 saturated carbocycles. The van der Waals surface area contributed by atoms with Crippen LogP contribution in [-0.2, 0) is 10.0 Å². The summed E-state index contributed by atoms with van der Waals surface area (Å²) >= 11 is 12.0. The molecule has 0 heterocycles. The quantitative estimate of drug-likeness (QED) is 0.408. The van der Waals surface area contributed by atoms with Crippen molar-refractivity contribution in [2.24, 2.45) is 0 Å². The lowest BCUT2D eigenvalue weighted by Crippen LogP contribution is -2.36. The zero-order valence-electron chi connectivity index (χ0n) is 18.3. The minimum Gasteiger partial charge on any atom is -0.491 e. The lowest BCUT2D eigenvalue weighted by atomic mass is 10.2. The zero-order valence-corrected chi connectivity index (χ0v) is 20.6. The van der Waals surface area contributed by atoms with Crippen LogP contribution < -0.4 is 9.46 Å². The molecule has 0 fully saturated rings. The van der Waals surface area contributed by atoms with Gasteiger partial charge in [-0.25, -0.2) is 8.42 Å². The second-order valence-corrected chi connectivity index (χ2v) is 10.1. The van der Waals surface area contributed by atoms with Gasteiger partial charge >= 0.3 is 0 Å². The molecule has 0 aliphatic rings. The number of nitrogens with one attached hydrogen (secondary N) is 1. The van der Waals surface area contributed by atoms with Crippen LogP contribution in [0.4, 0.5) is 5.69 Å². The van der Waals surface area contributed by atoms with Crippen LogP contribution in [-0.4, -0.2) is 57.0 Å². The van der Waals surface area contributed by atoms with Gasteiger partial charge in [-0.15, -0.1) is 0 Å². The molecule has 32 heavy (non-hydrogen) atoms. The average molecular weight is 501 g/mol. The maximum Gasteiger partial charge on any atom is 0.229 e. The third kappa shape index (κ3) is 10.2. The maximum atomic E-state index is 11.3. The first-order valence-electron chi connectivity index (χ1n) is 10.4. The molecule has 0 aliphatic carbocycles. The van der Waals surface area contributed by atoms with E-state index in [1.165, 1.54) is 0 Å². The van der Waals surface area contributed by atoms with E-state index >= 15 is 0 Å². The Morgan fingerprint density at radius 2 is 1.88 bits per heavy atom. The summed E-state index contributed by atoms with van der Waals surface area (Å²) in [5, 5.41) is 11.5. The van der Waals surface area contributed by atoms with Crippen LogP contribution in [0.3, 0.4) is 0 Å². The Hall–Kier alpha value is -1.77. The predicted octanol–water partition coefficient (Wildman–Crippen LogP) is 4.92. The molecule has 2 aromatic rings. The molecule has 6 nitrogen and oxygen atoms in total. The van der Waals surface area contributed by atoms with Crippen molar-refractivity contribution in [2.75, 3.05) is 37.2 Å². The summed E-state index contributed by atoms with van der Waals surface area (Å²) in [4.78, 5) is 2.17. The third-order valence-corrected chi connectivity index (χ3v) is 5.86. The van der Waals surface area contributed by atoms with Crippen LogP contribution >= 0.6 is 23.2 Å². The van der Waals surface area contributed by atoms with Crippen molar-refractivity contribution in [1.29, 1.82) is 0 Å². The second kappa shape index (κ2) is 13.1. The van der Waals surface area contributed by atoms with E-state index in [1.54, 1.807) is 30.3 Å². The Morgan fingerprint density at radius 3 is 2.50 bits per heavy atom. The van der Waals surface area contributed by atoms with Gasteiger partial charge in [0.1, 0.15) is 18.5 Å². The number of hydrogen-bond acceptors (Lipinski definition) is 5. The molecule has 2 rings (SSSR count). The monoisotopic (exact) mass is 500 g/mol. The average Bonchev–Trinajstić information content (AvgIpc) is 2.73. The van der Waals surface area contributed by atoms with Gasteiger partial charge in [0.05, 0.1) is 16.3 Å². The number of sulfonamides is 1. The lowest BCUT2D eigenvalue weighted by molar-refractivity contribution is 0.0715. The summed E-state index contributed by atoms with van der Waals surface area (Å²) in [5.74, 6) is 0.558. The topological polar surface area (TPSA) is 78.9 Å². The summed E-state index contributed by atoms with van der Waals surface area (Å²) in [6.07, 6.45) is 6.54. The number of hydrogen-bond donors (Lipinski definition) is 2. The highest BCUT2D eigenvalue weighted by Crippen LogP contribution is 2.23. The first-order chi connectivity index (χ1) is 15.2. The Bertz CT molecular complexity index is 982. The first kappa shape index (κ1) is 26.5. The molecular formula is C23H30Cl2N2O4S. The van der Waals surface area contributed by atoms with Crippen LogP contribution in [0, 0.1) is 0 Å². The van der Waals surface area contributed by atoms with Gasteiger partial charge in [0.25, 0.3) is 0 Å². The fourth-order valence-electron chi connectivity index (χ4n) is 2.97. The Morgan fingerprint density at radius 1 is 1.16 bits per heavy atom.